The Bertz CT molecular complexity index is 398. The fraction of sp³-hybridized carbons (Fsp3) is 0.471. The predicted octanol–water partition coefficient (Wildman–Crippen LogP) is 3.74. The van der Waals surface area contributed by atoms with Gasteiger partial charge in [0.25, 0.3) is 0 Å². The molecule has 0 aliphatic rings. The van der Waals surface area contributed by atoms with Crippen LogP contribution in [0.5, 0.6) is 0 Å². The van der Waals surface area contributed by atoms with E-state index in [0.717, 1.165) is 6.42 Å². The van der Waals surface area contributed by atoms with E-state index >= 15 is 0 Å². The summed E-state index contributed by atoms with van der Waals surface area (Å²) in [5.41, 5.74) is 1.19. The van der Waals surface area contributed by atoms with Gasteiger partial charge < -0.3 is 9.47 Å². The fourth-order valence-electron chi connectivity index (χ4n) is 1.80. The van der Waals surface area contributed by atoms with Gasteiger partial charge in [-0.1, -0.05) is 49.4 Å². The lowest BCUT2D eigenvalue weighted by Gasteiger charge is -2.05. The summed E-state index contributed by atoms with van der Waals surface area (Å²) in [5, 5.41) is 0. The molecule has 0 aliphatic carbocycles. The molecule has 0 saturated carbocycles. The lowest BCUT2D eigenvalue weighted by Crippen LogP contribution is -2.07. The molecule has 3 nitrogen and oxygen atoms in total. The maximum atomic E-state index is 11.3. The minimum Gasteiger partial charge on any atom is -0.466 e. The summed E-state index contributed by atoms with van der Waals surface area (Å²) in [6.07, 6.45) is 5.41. The van der Waals surface area contributed by atoms with Gasteiger partial charge in [-0.15, -0.1) is 0 Å². The van der Waals surface area contributed by atoms with E-state index in [0.29, 0.717) is 26.2 Å². The number of carbonyl (C=O) groups excluding carboxylic acids is 1. The Morgan fingerprint density at radius 2 is 2.05 bits per heavy atom. The van der Waals surface area contributed by atoms with Crippen LogP contribution in [0.25, 0.3) is 0 Å². The summed E-state index contributed by atoms with van der Waals surface area (Å²) in [5.74, 6) is 0.0770. The first-order valence-electron chi connectivity index (χ1n) is 7.16. The quantitative estimate of drug-likeness (QED) is 0.391. The summed E-state index contributed by atoms with van der Waals surface area (Å²) in [6.45, 7) is 5.62. The molecule has 20 heavy (non-hydrogen) atoms. The first-order valence-corrected chi connectivity index (χ1v) is 7.16. The summed E-state index contributed by atoms with van der Waals surface area (Å²) in [7, 11) is 0. The van der Waals surface area contributed by atoms with Crippen LogP contribution in [0, 0.1) is 5.92 Å². The number of hydrogen-bond acceptors (Lipinski definition) is 3. The number of benzene rings is 1. The smallest absolute Gasteiger partial charge is 0.306 e. The Morgan fingerprint density at radius 1 is 1.30 bits per heavy atom. The van der Waals surface area contributed by atoms with E-state index in [-0.39, 0.29) is 11.9 Å². The average Bonchev–Trinajstić information content (AvgIpc) is 2.44. The van der Waals surface area contributed by atoms with Crippen LogP contribution in [0.1, 0.15) is 32.3 Å². The van der Waals surface area contributed by atoms with Crippen LogP contribution < -0.4 is 0 Å². The molecular formula is C17H24O3. The van der Waals surface area contributed by atoms with Gasteiger partial charge in [0, 0.05) is 0 Å². The van der Waals surface area contributed by atoms with Gasteiger partial charge in [0.2, 0.25) is 0 Å². The molecule has 110 valence electrons. The van der Waals surface area contributed by atoms with Gasteiger partial charge in [0.05, 0.1) is 26.2 Å². The van der Waals surface area contributed by atoms with Crippen LogP contribution in [0.4, 0.5) is 0 Å². The largest absolute Gasteiger partial charge is 0.466 e. The molecule has 0 amide bonds. The van der Waals surface area contributed by atoms with Crippen molar-refractivity contribution in [2.75, 3.05) is 13.2 Å². The number of ether oxygens (including phenoxy) is 2. The maximum absolute atomic E-state index is 11.3. The van der Waals surface area contributed by atoms with Gasteiger partial charge in [-0.2, -0.15) is 0 Å². The van der Waals surface area contributed by atoms with Crippen molar-refractivity contribution in [3.8, 4) is 0 Å². The van der Waals surface area contributed by atoms with E-state index in [1.807, 2.05) is 38.1 Å². The molecule has 0 heterocycles. The van der Waals surface area contributed by atoms with Crippen molar-refractivity contribution >= 4 is 5.97 Å². The van der Waals surface area contributed by atoms with E-state index in [4.69, 9.17) is 9.47 Å². The van der Waals surface area contributed by atoms with Crippen molar-refractivity contribution in [2.24, 2.45) is 5.92 Å². The van der Waals surface area contributed by atoms with Crippen molar-refractivity contribution in [3.05, 3.63) is 48.0 Å². The predicted molar refractivity (Wildman–Crippen MR) is 80.3 cm³/mol. The van der Waals surface area contributed by atoms with Gasteiger partial charge in [-0.05, 0) is 24.8 Å². The van der Waals surface area contributed by atoms with Crippen LogP contribution in [0.2, 0.25) is 0 Å². The summed E-state index contributed by atoms with van der Waals surface area (Å²) >= 11 is 0. The Labute approximate surface area is 121 Å². The first kappa shape index (κ1) is 16.4. The van der Waals surface area contributed by atoms with Crippen LogP contribution >= 0.6 is 0 Å². The summed E-state index contributed by atoms with van der Waals surface area (Å²) < 4.78 is 10.5. The Hall–Kier alpha value is -1.61. The monoisotopic (exact) mass is 276 g/mol. The van der Waals surface area contributed by atoms with Crippen LogP contribution in [0.15, 0.2) is 42.5 Å². The van der Waals surface area contributed by atoms with Gasteiger partial charge in [-0.3, -0.25) is 4.79 Å². The molecule has 1 atom stereocenters. The van der Waals surface area contributed by atoms with Crippen LogP contribution in [0.3, 0.4) is 0 Å². The number of rotatable bonds is 9. The first-order chi connectivity index (χ1) is 9.72. The highest BCUT2D eigenvalue weighted by Crippen LogP contribution is 2.06. The molecule has 0 aromatic heterocycles. The molecule has 3 heteroatoms. The van der Waals surface area contributed by atoms with Gasteiger partial charge in [0.15, 0.2) is 0 Å². The number of esters is 1. The van der Waals surface area contributed by atoms with Crippen molar-refractivity contribution in [1.82, 2.24) is 0 Å². The summed E-state index contributed by atoms with van der Waals surface area (Å²) in [4.78, 5) is 11.3. The molecule has 0 N–H and O–H groups in total. The van der Waals surface area contributed by atoms with Crippen molar-refractivity contribution in [2.45, 2.75) is 33.3 Å². The van der Waals surface area contributed by atoms with Gasteiger partial charge in [-0.25, -0.2) is 0 Å². The van der Waals surface area contributed by atoms with E-state index in [1.54, 1.807) is 0 Å². The third-order valence-electron chi connectivity index (χ3n) is 2.80. The van der Waals surface area contributed by atoms with E-state index in [2.05, 4.69) is 18.2 Å². The van der Waals surface area contributed by atoms with E-state index in [1.165, 1.54) is 5.56 Å². The minimum atomic E-state index is -0.134. The van der Waals surface area contributed by atoms with E-state index < -0.39 is 0 Å². The Balaban J connectivity index is 2.08. The van der Waals surface area contributed by atoms with E-state index in [9.17, 15) is 4.79 Å². The third-order valence-corrected chi connectivity index (χ3v) is 2.80. The highest BCUT2D eigenvalue weighted by molar-refractivity contribution is 5.69. The van der Waals surface area contributed by atoms with Crippen LogP contribution in [-0.2, 0) is 20.9 Å². The highest BCUT2D eigenvalue weighted by atomic mass is 16.5. The molecule has 0 unspecified atom stereocenters. The van der Waals surface area contributed by atoms with Crippen molar-refractivity contribution < 1.29 is 14.3 Å². The van der Waals surface area contributed by atoms with Crippen molar-refractivity contribution in [1.29, 1.82) is 0 Å². The molecule has 0 radical (unpaired) electrons. The number of allylic oxidation sites excluding steroid dienone is 1. The molecule has 0 spiro atoms. The second kappa shape index (κ2) is 10.2. The number of carbonyl (C=O) groups is 1. The molecule has 0 saturated heterocycles. The highest BCUT2D eigenvalue weighted by Gasteiger charge is 2.06. The molecule has 0 bridgehead atoms. The summed E-state index contributed by atoms with van der Waals surface area (Å²) in [6, 6.07) is 10.1. The Morgan fingerprint density at radius 3 is 2.75 bits per heavy atom. The Kier molecular flexibility index (Phi) is 8.40. The minimum absolute atomic E-state index is 0.134. The second-order valence-corrected chi connectivity index (χ2v) is 4.74. The fourth-order valence-corrected chi connectivity index (χ4v) is 1.80. The van der Waals surface area contributed by atoms with Crippen molar-refractivity contribution in [3.63, 3.8) is 0 Å². The van der Waals surface area contributed by atoms with Gasteiger partial charge >= 0.3 is 5.97 Å². The second-order valence-electron chi connectivity index (χ2n) is 4.74. The molecule has 0 fully saturated rings. The molecule has 1 rings (SSSR count). The van der Waals surface area contributed by atoms with Crippen LogP contribution in [-0.4, -0.2) is 19.2 Å². The zero-order valence-electron chi connectivity index (χ0n) is 12.4. The zero-order chi connectivity index (χ0) is 14.6. The standard InChI is InChI=1S/C17H24O3/c1-3-20-17(18)13-15(2)9-7-8-12-19-14-16-10-5-4-6-11-16/h4-7,9-11,15H,3,8,12-14H2,1-2H3/b9-7-/t15-/m1/s1. The topological polar surface area (TPSA) is 35.5 Å². The lowest BCUT2D eigenvalue weighted by atomic mass is 10.1. The molecule has 1 aromatic rings. The van der Waals surface area contributed by atoms with Gasteiger partial charge in [0.1, 0.15) is 0 Å². The molecule has 1 aromatic carbocycles. The normalized spacial score (nSPS) is 12.5. The lowest BCUT2D eigenvalue weighted by molar-refractivity contribution is -0.143. The SMILES string of the molecule is CCOC(=O)C[C@H](C)/C=C\CCOCc1ccccc1. The third kappa shape index (κ3) is 7.74. The number of hydrogen-bond donors (Lipinski definition) is 0. The average molecular weight is 276 g/mol. The zero-order valence-corrected chi connectivity index (χ0v) is 12.4. The maximum Gasteiger partial charge on any atom is 0.306 e. The molecule has 0 aliphatic heterocycles. The molecular weight excluding hydrogens is 252 g/mol.